The highest BCUT2D eigenvalue weighted by Gasteiger charge is 2.26. The van der Waals surface area contributed by atoms with E-state index in [-0.39, 0.29) is 17.3 Å². The maximum Gasteiger partial charge on any atom is 0.264 e. The maximum absolute atomic E-state index is 13.3. The van der Waals surface area contributed by atoms with Crippen molar-refractivity contribution in [1.82, 2.24) is 5.32 Å². The fourth-order valence-corrected chi connectivity index (χ4v) is 5.10. The lowest BCUT2D eigenvalue weighted by molar-refractivity contribution is -0.119. The Morgan fingerprint density at radius 2 is 1.48 bits per heavy atom. The van der Waals surface area contributed by atoms with Gasteiger partial charge in [-0.15, -0.1) is 0 Å². The largest absolute Gasteiger partial charge is 0.378 e. The molecule has 1 aliphatic heterocycles. The summed E-state index contributed by atoms with van der Waals surface area (Å²) in [5.41, 5.74) is 2.50. The number of benzene rings is 3. The highest BCUT2D eigenvalue weighted by atomic mass is 32.2. The molecule has 172 valence electrons. The van der Waals surface area contributed by atoms with E-state index in [1.807, 2.05) is 24.3 Å². The maximum atomic E-state index is 13.3. The number of ether oxygens (including phenoxy) is 1. The van der Waals surface area contributed by atoms with Crippen molar-refractivity contribution in [3.63, 3.8) is 0 Å². The van der Waals surface area contributed by atoms with Crippen LogP contribution >= 0.6 is 0 Å². The van der Waals surface area contributed by atoms with E-state index >= 15 is 0 Å². The molecule has 0 aromatic heterocycles. The summed E-state index contributed by atoms with van der Waals surface area (Å²) in [5.74, 6) is -0.379. The van der Waals surface area contributed by atoms with Gasteiger partial charge >= 0.3 is 0 Å². The van der Waals surface area contributed by atoms with Gasteiger partial charge in [-0.05, 0) is 42.0 Å². The lowest BCUT2D eigenvalue weighted by atomic mass is 10.2. The first-order valence-electron chi connectivity index (χ1n) is 10.9. The van der Waals surface area contributed by atoms with Gasteiger partial charge in [0.05, 0.1) is 23.8 Å². The van der Waals surface area contributed by atoms with E-state index in [1.165, 1.54) is 12.1 Å². The number of anilines is 2. The molecule has 1 fully saturated rings. The number of morpholine rings is 1. The Kier molecular flexibility index (Phi) is 7.26. The topological polar surface area (TPSA) is 79.0 Å². The molecule has 1 heterocycles. The first kappa shape index (κ1) is 22.8. The summed E-state index contributed by atoms with van der Waals surface area (Å²) >= 11 is 0. The average Bonchev–Trinajstić information content (AvgIpc) is 2.88. The Morgan fingerprint density at radius 1 is 0.879 bits per heavy atom. The number of nitrogens with zero attached hydrogens (tertiary/aromatic N) is 2. The number of para-hydroxylation sites is 1. The summed E-state index contributed by atoms with van der Waals surface area (Å²) < 4.78 is 33.1. The average molecular weight is 466 g/mol. The van der Waals surface area contributed by atoms with E-state index in [4.69, 9.17) is 4.74 Å². The van der Waals surface area contributed by atoms with Crippen LogP contribution in [0, 0.1) is 0 Å². The van der Waals surface area contributed by atoms with E-state index in [1.54, 1.807) is 48.5 Å². The van der Waals surface area contributed by atoms with Gasteiger partial charge in [-0.1, -0.05) is 48.5 Å². The smallest absolute Gasteiger partial charge is 0.264 e. The number of carbonyl (C=O) groups is 1. The molecule has 1 saturated heterocycles. The van der Waals surface area contributed by atoms with Crippen LogP contribution < -0.4 is 14.5 Å². The molecule has 3 aromatic carbocycles. The van der Waals surface area contributed by atoms with E-state index in [9.17, 15) is 13.2 Å². The Morgan fingerprint density at radius 3 is 2.12 bits per heavy atom. The Bertz CT molecular complexity index is 1150. The molecule has 3 aromatic rings. The van der Waals surface area contributed by atoms with Gasteiger partial charge < -0.3 is 15.0 Å². The second-order valence-electron chi connectivity index (χ2n) is 7.70. The summed E-state index contributed by atoms with van der Waals surface area (Å²) in [5, 5.41) is 2.84. The molecular formula is C25H27N3O4S. The summed E-state index contributed by atoms with van der Waals surface area (Å²) in [6, 6.07) is 24.8. The second kappa shape index (κ2) is 10.5. The van der Waals surface area contributed by atoms with Crippen LogP contribution in [0.2, 0.25) is 0 Å². The standard InChI is InChI=1S/C25H27N3O4S/c29-25(26-19-21-11-13-22(14-12-21)27-15-17-32-18-16-27)20-28(23-7-3-1-4-8-23)33(30,31)24-9-5-2-6-10-24/h1-14H,15-20H2,(H,26,29). The van der Waals surface area contributed by atoms with Crippen LogP contribution in [0.5, 0.6) is 0 Å². The van der Waals surface area contributed by atoms with Crippen LogP contribution in [0.25, 0.3) is 0 Å². The van der Waals surface area contributed by atoms with Crippen molar-refractivity contribution < 1.29 is 17.9 Å². The minimum atomic E-state index is -3.89. The van der Waals surface area contributed by atoms with Crippen LogP contribution in [-0.4, -0.2) is 47.2 Å². The van der Waals surface area contributed by atoms with Crippen LogP contribution in [0.15, 0.2) is 89.8 Å². The molecule has 7 nitrogen and oxygen atoms in total. The van der Waals surface area contributed by atoms with E-state index < -0.39 is 10.0 Å². The van der Waals surface area contributed by atoms with Gasteiger partial charge in [-0.3, -0.25) is 9.10 Å². The van der Waals surface area contributed by atoms with Crippen molar-refractivity contribution in [2.45, 2.75) is 11.4 Å². The van der Waals surface area contributed by atoms with Crippen LogP contribution in [-0.2, 0) is 26.1 Å². The number of hydrogen-bond acceptors (Lipinski definition) is 5. The van der Waals surface area contributed by atoms with E-state index in [2.05, 4.69) is 10.2 Å². The number of carbonyl (C=O) groups excluding carboxylic acids is 1. The molecule has 0 unspecified atom stereocenters. The zero-order valence-electron chi connectivity index (χ0n) is 18.3. The van der Waals surface area contributed by atoms with Crippen molar-refractivity contribution >= 4 is 27.3 Å². The molecule has 33 heavy (non-hydrogen) atoms. The fraction of sp³-hybridized carbons (Fsp3) is 0.240. The summed E-state index contributed by atoms with van der Waals surface area (Å²) in [4.78, 5) is 15.2. The monoisotopic (exact) mass is 465 g/mol. The Labute approximate surface area is 194 Å². The van der Waals surface area contributed by atoms with Crippen LogP contribution in [0.1, 0.15) is 5.56 Å². The molecule has 1 amide bonds. The van der Waals surface area contributed by atoms with Crippen molar-refractivity contribution in [2.75, 3.05) is 42.1 Å². The molecule has 8 heteroatoms. The molecule has 1 N–H and O–H groups in total. The molecule has 0 spiro atoms. The van der Waals surface area contributed by atoms with E-state index in [0.29, 0.717) is 12.2 Å². The molecular weight excluding hydrogens is 438 g/mol. The number of hydrogen-bond donors (Lipinski definition) is 1. The minimum absolute atomic E-state index is 0.139. The predicted octanol–water partition coefficient (Wildman–Crippen LogP) is 3.03. The van der Waals surface area contributed by atoms with Crippen LogP contribution in [0.3, 0.4) is 0 Å². The Hall–Kier alpha value is -3.36. The SMILES string of the molecule is O=C(CN(c1ccccc1)S(=O)(=O)c1ccccc1)NCc1ccc(N2CCOCC2)cc1. The third-order valence-electron chi connectivity index (χ3n) is 5.46. The lowest BCUT2D eigenvalue weighted by Gasteiger charge is -2.29. The third-order valence-corrected chi connectivity index (χ3v) is 7.25. The number of amides is 1. The zero-order valence-corrected chi connectivity index (χ0v) is 19.1. The second-order valence-corrected chi connectivity index (χ2v) is 9.57. The first-order chi connectivity index (χ1) is 16.0. The van der Waals surface area contributed by atoms with Crippen molar-refractivity contribution in [2.24, 2.45) is 0 Å². The van der Waals surface area contributed by atoms with Crippen molar-refractivity contribution in [3.8, 4) is 0 Å². The zero-order chi connectivity index (χ0) is 23.1. The third kappa shape index (κ3) is 5.71. The van der Waals surface area contributed by atoms with Crippen molar-refractivity contribution in [1.29, 1.82) is 0 Å². The molecule has 4 rings (SSSR count). The molecule has 0 saturated carbocycles. The number of sulfonamides is 1. The molecule has 0 bridgehead atoms. The lowest BCUT2D eigenvalue weighted by Crippen LogP contribution is -2.40. The first-order valence-corrected chi connectivity index (χ1v) is 12.3. The highest BCUT2D eigenvalue weighted by Crippen LogP contribution is 2.23. The van der Waals surface area contributed by atoms with Gasteiger partial charge in [0.25, 0.3) is 10.0 Å². The Balaban J connectivity index is 1.43. The quantitative estimate of drug-likeness (QED) is 0.553. The van der Waals surface area contributed by atoms with Gasteiger partial charge in [-0.25, -0.2) is 8.42 Å². The highest BCUT2D eigenvalue weighted by molar-refractivity contribution is 7.92. The number of rotatable bonds is 8. The number of nitrogens with one attached hydrogen (secondary N) is 1. The van der Waals surface area contributed by atoms with Gasteiger partial charge in [0.1, 0.15) is 6.54 Å². The molecule has 0 radical (unpaired) electrons. The summed E-state index contributed by atoms with van der Waals surface area (Å²) in [7, 11) is -3.89. The van der Waals surface area contributed by atoms with Gasteiger partial charge in [0, 0.05) is 25.3 Å². The predicted molar refractivity (Wildman–Crippen MR) is 129 cm³/mol. The minimum Gasteiger partial charge on any atom is -0.378 e. The molecule has 0 aliphatic carbocycles. The van der Waals surface area contributed by atoms with Gasteiger partial charge in [-0.2, -0.15) is 0 Å². The molecule has 1 aliphatic rings. The van der Waals surface area contributed by atoms with Gasteiger partial charge in [0.2, 0.25) is 5.91 Å². The van der Waals surface area contributed by atoms with Gasteiger partial charge in [0.15, 0.2) is 0 Å². The van der Waals surface area contributed by atoms with Crippen LogP contribution in [0.4, 0.5) is 11.4 Å². The summed E-state index contributed by atoms with van der Waals surface area (Å²) in [6.45, 7) is 3.18. The summed E-state index contributed by atoms with van der Waals surface area (Å²) in [6.07, 6.45) is 0. The van der Waals surface area contributed by atoms with E-state index in [0.717, 1.165) is 41.9 Å². The fourth-order valence-electron chi connectivity index (χ4n) is 3.66. The normalized spacial score (nSPS) is 14.0. The molecule has 0 atom stereocenters. The van der Waals surface area contributed by atoms with Crippen molar-refractivity contribution in [3.05, 3.63) is 90.5 Å².